The zero-order chi connectivity index (χ0) is 13.7. The van der Waals surface area contributed by atoms with E-state index in [1.165, 1.54) is 0 Å². The van der Waals surface area contributed by atoms with Crippen LogP contribution < -0.4 is 10.1 Å². The first-order valence-electron chi connectivity index (χ1n) is 5.91. The van der Waals surface area contributed by atoms with E-state index in [0.29, 0.717) is 12.2 Å². The first-order valence-corrected chi connectivity index (χ1v) is 5.91. The highest BCUT2D eigenvalue weighted by atomic mass is 16.5. The summed E-state index contributed by atoms with van der Waals surface area (Å²) in [6, 6.07) is 10.9. The standard InChI is InChI=1S/C14H15N3O2/c1-10-7-8-12(17-16-10)14(18)15-9-11-5-3-4-6-13(11)19-2/h3-8H,9H2,1-2H3,(H,15,18). The molecule has 2 rings (SSSR count). The molecular weight excluding hydrogens is 242 g/mol. The lowest BCUT2D eigenvalue weighted by atomic mass is 10.2. The molecule has 1 amide bonds. The van der Waals surface area contributed by atoms with E-state index in [-0.39, 0.29) is 5.91 Å². The fourth-order valence-corrected chi connectivity index (χ4v) is 1.64. The Hall–Kier alpha value is -2.43. The average Bonchev–Trinajstić information content (AvgIpc) is 2.45. The molecule has 1 N–H and O–H groups in total. The van der Waals surface area contributed by atoms with E-state index in [1.807, 2.05) is 31.2 Å². The van der Waals surface area contributed by atoms with Crippen LogP contribution in [0.1, 0.15) is 21.7 Å². The van der Waals surface area contributed by atoms with E-state index in [4.69, 9.17) is 4.74 Å². The number of ether oxygens (including phenoxy) is 1. The average molecular weight is 257 g/mol. The first kappa shape index (κ1) is 13.0. The van der Waals surface area contributed by atoms with Gasteiger partial charge in [0.15, 0.2) is 5.69 Å². The van der Waals surface area contributed by atoms with Crippen molar-refractivity contribution in [2.45, 2.75) is 13.5 Å². The molecular formula is C14H15N3O2. The number of amides is 1. The number of methoxy groups -OCH3 is 1. The highest BCUT2D eigenvalue weighted by molar-refractivity contribution is 5.92. The molecule has 0 atom stereocenters. The second-order valence-electron chi connectivity index (χ2n) is 4.05. The molecule has 1 heterocycles. The lowest BCUT2D eigenvalue weighted by Crippen LogP contribution is -2.24. The number of rotatable bonds is 4. The van der Waals surface area contributed by atoms with E-state index >= 15 is 0 Å². The van der Waals surface area contributed by atoms with Crippen LogP contribution in [0.4, 0.5) is 0 Å². The number of para-hydroxylation sites is 1. The number of hydrogen-bond donors (Lipinski definition) is 1. The largest absolute Gasteiger partial charge is 0.496 e. The summed E-state index contributed by atoms with van der Waals surface area (Å²) >= 11 is 0. The van der Waals surface area contributed by atoms with Gasteiger partial charge in [-0.1, -0.05) is 18.2 Å². The topological polar surface area (TPSA) is 64.1 Å². The Morgan fingerprint density at radius 1 is 1.21 bits per heavy atom. The Morgan fingerprint density at radius 2 is 2.00 bits per heavy atom. The van der Waals surface area contributed by atoms with Gasteiger partial charge in [0.25, 0.3) is 5.91 Å². The van der Waals surface area contributed by atoms with E-state index in [2.05, 4.69) is 15.5 Å². The van der Waals surface area contributed by atoms with Crippen LogP contribution in [0.15, 0.2) is 36.4 Å². The minimum atomic E-state index is -0.251. The van der Waals surface area contributed by atoms with Gasteiger partial charge in [0.05, 0.1) is 12.8 Å². The molecule has 0 bridgehead atoms. The van der Waals surface area contributed by atoms with Crippen molar-refractivity contribution in [2.75, 3.05) is 7.11 Å². The quantitative estimate of drug-likeness (QED) is 0.905. The molecule has 1 aromatic heterocycles. The highest BCUT2D eigenvalue weighted by Gasteiger charge is 2.08. The third kappa shape index (κ3) is 3.28. The SMILES string of the molecule is COc1ccccc1CNC(=O)c1ccc(C)nn1. The van der Waals surface area contributed by atoms with Crippen molar-refractivity contribution in [1.82, 2.24) is 15.5 Å². The van der Waals surface area contributed by atoms with Gasteiger partial charge in [-0.15, -0.1) is 5.10 Å². The Morgan fingerprint density at radius 3 is 2.68 bits per heavy atom. The molecule has 0 aliphatic carbocycles. The summed E-state index contributed by atoms with van der Waals surface area (Å²) in [5.74, 6) is 0.496. The summed E-state index contributed by atoms with van der Waals surface area (Å²) < 4.78 is 5.22. The van der Waals surface area contributed by atoms with E-state index in [9.17, 15) is 4.79 Å². The van der Waals surface area contributed by atoms with Crippen molar-refractivity contribution in [1.29, 1.82) is 0 Å². The van der Waals surface area contributed by atoms with Crippen LogP contribution in [0, 0.1) is 6.92 Å². The predicted molar refractivity (Wildman–Crippen MR) is 70.9 cm³/mol. The Bertz CT molecular complexity index is 567. The molecule has 0 aliphatic heterocycles. The molecule has 0 saturated carbocycles. The van der Waals surface area contributed by atoms with E-state index < -0.39 is 0 Å². The summed E-state index contributed by atoms with van der Waals surface area (Å²) in [5, 5.41) is 10.5. The van der Waals surface area contributed by atoms with Gasteiger partial charge in [-0.3, -0.25) is 4.79 Å². The van der Waals surface area contributed by atoms with Crippen LogP contribution >= 0.6 is 0 Å². The van der Waals surface area contributed by atoms with Crippen molar-refractivity contribution >= 4 is 5.91 Å². The number of nitrogens with one attached hydrogen (secondary N) is 1. The molecule has 1 aromatic carbocycles. The smallest absolute Gasteiger partial charge is 0.272 e. The van der Waals surface area contributed by atoms with Crippen molar-refractivity contribution in [3.8, 4) is 5.75 Å². The zero-order valence-electron chi connectivity index (χ0n) is 10.9. The molecule has 5 nitrogen and oxygen atoms in total. The molecule has 0 unspecified atom stereocenters. The number of carbonyl (C=O) groups is 1. The lowest BCUT2D eigenvalue weighted by Gasteiger charge is -2.09. The highest BCUT2D eigenvalue weighted by Crippen LogP contribution is 2.16. The predicted octanol–water partition coefficient (Wildman–Crippen LogP) is 1.72. The number of carbonyl (C=O) groups excluding carboxylic acids is 1. The van der Waals surface area contributed by atoms with Gasteiger partial charge in [-0.25, -0.2) is 0 Å². The van der Waals surface area contributed by atoms with Crippen LogP contribution in [0.2, 0.25) is 0 Å². The number of nitrogens with zero attached hydrogens (tertiary/aromatic N) is 2. The van der Waals surface area contributed by atoms with Crippen LogP contribution in [0.5, 0.6) is 5.75 Å². The summed E-state index contributed by atoms with van der Waals surface area (Å²) in [5.41, 5.74) is 2.00. The first-order chi connectivity index (χ1) is 9.20. The van der Waals surface area contributed by atoms with Gasteiger partial charge in [0.2, 0.25) is 0 Å². The minimum absolute atomic E-state index is 0.251. The second-order valence-corrected chi connectivity index (χ2v) is 4.05. The molecule has 0 fully saturated rings. The normalized spacial score (nSPS) is 10.0. The van der Waals surface area contributed by atoms with Crippen LogP contribution in [-0.4, -0.2) is 23.2 Å². The third-order valence-electron chi connectivity index (χ3n) is 2.66. The Kier molecular flexibility index (Phi) is 4.07. The molecule has 0 radical (unpaired) electrons. The van der Waals surface area contributed by atoms with E-state index in [1.54, 1.807) is 19.2 Å². The number of benzene rings is 1. The molecule has 0 spiro atoms. The summed E-state index contributed by atoms with van der Waals surface area (Å²) in [6.07, 6.45) is 0. The monoisotopic (exact) mass is 257 g/mol. The van der Waals surface area contributed by atoms with Crippen LogP contribution in [0.3, 0.4) is 0 Å². The van der Waals surface area contributed by atoms with E-state index in [0.717, 1.165) is 17.0 Å². The summed E-state index contributed by atoms with van der Waals surface area (Å²) in [4.78, 5) is 11.9. The van der Waals surface area contributed by atoms with Crippen molar-refractivity contribution in [3.63, 3.8) is 0 Å². The van der Waals surface area contributed by atoms with Gasteiger partial charge >= 0.3 is 0 Å². The molecule has 0 aliphatic rings. The maximum Gasteiger partial charge on any atom is 0.272 e. The summed E-state index contributed by atoms with van der Waals surface area (Å²) in [6.45, 7) is 2.21. The number of hydrogen-bond acceptors (Lipinski definition) is 4. The fraction of sp³-hybridized carbons (Fsp3) is 0.214. The lowest BCUT2D eigenvalue weighted by molar-refractivity contribution is 0.0944. The molecule has 98 valence electrons. The second kappa shape index (κ2) is 5.95. The number of aromatic nitrogens is 2. The zero-order valence-corrected chi connectivity index (χ0v) is 10.9. The van der Waals surface area contributed by atoms with Crippen LogP contribution in [0.25, 0.3) is 0 Å². The number of aryl methyl sites for hydroxylation is 1. The van der Waals surface area contributed by atoms with Gasteiger partial charge in [0, 0.05) is 12.1 Å². The maximum atomic E-state index is 11.9. The van der Waals surface area contributed by atoms with Crippen molar-refractivity contribution in [3.05, 3.63) is 53.3 Å². The van der Waals surface area contributed by atoms with Gasteiger partial charge in [0.1, 0.15) is 5.75 Å². The third-order valence-corrected chi connectivity index (χ3v) is 2.66. The van der Waals surface area contributed by atoms with Crippen molar-refractivity contribution < 1.29 is 9.53 Å². The van der Waals surface area contributed by atoms with Gasteiger partial charge in [-0.2, -0.15) is 5.10 Å². The fourth-order valence-electron chi connectivity index (χ4n) is 1.64. The Balaban J connectivity index is 2.02. The maximum absolute atomic E-state index is 11.9. The molecule has 5 heteroatoms. The van der Waals surface area contributed by atoms with Crippen LogP contribution in [-0.2, 0) is 6.54 Å². The molecule has 2 aromatic rings. The van der Waals surface area contributed by atoms with Gasteiger partial charge in [-0.05, 0) is 25.1 Å². The molecule has 19 heavy (non-hydrogen) atoms. The van der Waals surface area contributed by atoms with Crippen molar-refractivity contribution in [2.24, 2.45) is 0 Å². The van der Waals surface area contributed by atoms with Gasteiger partial charge < -0.3 is 10.1 Å². The Labute approximate surface area is 111 Å². The molecule has 0 saturated heterocycles. The summed E-state index contributed by atoms with van der Waals surface area (Å²) in [7, 11) is 1.60. The minimum Gasteiger partial charge on any atom is -0.496 e.